The van der Waals surface area contributed by atoms with Gasteiger partial charge in [0.25, 0.3) is 5.91 Å². The molecule has 1 unspecified atom stereocenters. The van der Waals surface area contributed by atoms with Crippen LogP contribution in [0.1, 0.15) is 29.4 Å². The molecule has 1 aromatic carbocycles. The minimum absolute atomic E-state index is 0.170. The van der Waals surface area contributed by atoms with Crippen molar-refractivity contribution in [1.29, 1.82) is 0 Å². The van der Waals surface area contributed by atoms with Gasteiger partial charge in [-0.2, -0.15) is 5.10 Å². The first-order valence-electron chi connectivity index (χ1n) is 9.16. The molecule has 1 fully saturated rings. The number of aromatic nitrogens is 2. The second kappa shape index (κ2) is 9.23. The van der Waals surface area contributed by atoms with Crippen LogP contribution in [0.25, 0.3) is 0 Å². The Morgan fingerprint density at radius 1 is 1.25 bits per heavy atom. The summed E-state index contributed by atoms with van der Waals surface area (Å²) in [6, 6.07) is 6.95. The van der Waals surface area contributed by atoms with Crippen LogP contribution in [0.2, 0.25) is 0 Å². The second-order valence-corrected chi connectivity index (χ2v) is 6.51. The van der Waals surface area contributed by atoms with Gasteiger partial charge in [-0.3, -0.25) is 14.3 Å². The normalized spacial score (nSPS) is 16.3. The van der Waals surface area contributed by atoms with E-state index < -0.39 is 0 Å². The molecule has 0 spiro atoms. The second-order valence-electron chi connectivity index (χ2n) is 6.51. The molecular weight excluding hydrogens is 362 g/mol. The summed E-state index contributed by atoms with van der Waals surface area (Å²) in [5, 5.41) is 13.0. The number of carbonyl (C=O) groups excluding carboxylic acids is 2. The number of methoxy groups -OCH3 is 2. The lowest BCUT2D eigenvalue weighted by Gasteiger charge is -2.22. The molecule has 9 heteroatoms. The Morgan fingerprint density at radius 2 is 2.00 bits per heavy atom. The first-order valence-corrected chi connectivity index (χ1v) is 9.16. The summed E-state index contributed by atoms with van der Waals surface area (Å²) in [7, 11) is 3.06. The number of hydrogen-bond acceptors (Lipinski definition) is 6. The predicted molar refractivity (Wildman–Crippen MR) is 104 cm³/mol. The molecule has 1 aliphatic rings. The van der Waals surface area contributed by atoms with Gasteiger partial charge in [-0.15, -0.1) is 0 Å². The Bertz CT molecular complexity index is 807. The van der Waals surface area contributed by atoms with Crippen molar-refractivity contribution in [2.75, 3.05) is 39.2 Å². The van der Waals surface area contributed by atoms with Gasteiger partial charge in [0.1, 0.15) is 17.2 Å². The number of ether oxygens (including phenoxy) is 2. The molecule has 3 rings (SSSR count). The number of anilines is 1. The van der Waals surface area contributed by atoms with Gasteiger partial charge in [-0.05, 0) is 25.5 Å². The zero-order chi connectivity index (χ0) is 19.9. The summed E-state index contributed by atoms with van der Waals surface area (Å²) in [4.78, 5) is 24.4. The van der Waals surface area contributed by atoms with Gasteiger partial charge in [0, 0.05) is 36.6 Å². The Morgan fingerprint density at radius 3 is 2.64 bits per heavy atom. The van der Waals surface area contributed by atoms with E-state index in [1.165, 1.54) is 14.2 Å². The van der Waals surface area contributed by atoms with E-state index in [1.807, 2.05) is 4.68 Å². The van der Waals surface area contributed by atoms with Crippen molar-refractivity contribution in [3.05, 3.63) is 36.2 Å². The van der Waals surface area contributed by atoms with Crippen LogP contribution in [0.15, 0.2) is 30.5 Å². The van der Waals surface area contributed by atoms with E-state index in [-0.39, 0.29) is 24.4 Å². The topological polar surface area (TPSA) is 107 Å². The monoisotopic (exact) mass is 387 g/mol. The first-order chi connectivity index (χ1) is 13.6. The van der Waals surface area contributed by atoms with E-state index in [1.54, 1.807) is 30.5 Å². The van der Waals surface area contributed by atoms with Crippen molar-refractivity contribution < 1.29 is 19.1 Å². The van der Waals surface area contributed by atoms with Crippen LogP contribution < -0.4 is 25.4 Å². The predicted octanol–water partition coefficient (Wildman–Crippen LogP) is 1.19. The number of hydrogen-bond donors (Lipinski definition) is 3. The number of nitrogens with zero attached hydrogens (tertiary/aromatic N) is 2. The maximum absolute atomic E-state index is 12.3. The third kappa shape index (κ3) is 5.01. The molecule has 9 nitrogen and oxygen atoms in total. The van der Waals surface area contributed by atoms with Crippen LogP contribution in [0.3, 0.4) is 0 Å². The summed E-state index contributed by atoms with van der Waals surface area (Å²) in [5.74, 6) is 0.364. The molecule has 2 amide bonds. The molecule has 1 atom stereocenters. The highest BCUT2D eigenvalue weighted by Crippen LogP contribution is 2.25. The maximum Gasteiger partial charge on any atom is 0.272 e. The zero-order valence-electron chi connectivity index (χ0n) is 16.0. The summed E-state index contributed by atoms with van der Waals surface area (Å²) >= 11 is 0. The lowest BCUT2D eigenvalue weighted by atomic mass is 10.1. The largest absolute Gasteiger partial charge is 0.497 e. The zero-order valence-corrected chi connectivity index (χ0v) is 16.0. The third-order valence-corrected chi connectivity index (χ3v) is 4.53. The Labute approximate surface area is 163 Å². The van der Waals surface area contributed by atoms with Crippen molar-refractivity contribution in [2.45, 2.75) is 18.9 Å². The number of carbonyl (C=O) groups is 2. The molecule has 2 heterocycles. The fraction of sp³-hybridized carbons (Fsp3) is 0.421. The van der Waals surface area contributed by atoms with E-state index in [9.17, 15) is 9.59 Å². The highest BCUT2D eigenvalue weighted by atomic mass is 16.5. The van der Waals surface area contributed by atoms with Crippen LogP contribution in [0, 0.1) is 0 Å². The molecule has 2 aromatic rings. The van der Waals surface area contributed by atoms with Gasteiger partial charge >= 0.3 is 0 Å². The van der Waals surface area contributed by atoms with Crippen LogP contribution >= 0.6 is 0 Å². The van der Waals surface area contributed by atoms with Crippen LogP contribution in [-0.2, 0) is 4.79 Å². The molecule has 3 N–H and O–H groups in total. The number of benzene rings is 1. The van der Waals surface area contributed by atoms with E-state index >= 15 is 0 Å². The van der Waals surface area contributed by atoms with Crippen molar-refractivity contribution in [3.8, 4) is 11.5 Å². The number of piperidine rings is 1. The lowest BCUT2D eigenvalue weighted by Crippen LogP contribution is -2.34. The highest BCUT2D eigenvalue weighted by molar-refractivity contribution is 5.98. The SMILES string of the molecule is COc1cc(NC(=O)CNC(=O)c2ccn(C3CCCNC3)n2)cc(OC)c1. The molecule has 1 aromatic heterocycles. The summed E-state index contributed by atoms with van der Waals surface area (Å²) in [5.41, 5.74) is 0.811. The molecule has 150 valence electrons. The van der Waals surface area contributed by atoms with Crippen molar-refractivity contribution in [2.24, 2.45) is 0 Å². The van der Waals surface area contributed by atoms with Gasteiger partial charge in [-0.25, -0.2) is 0 Å². The Balaban J connectivity index is 1.53. The quantitative estimate of drug-likeness (QED) is 0.659. The minimum Gasteiger partial charge on any atom is -0.497 e. The van der Waals surface area contributed by atoms with E-state index in [0.717, 1.165) is 25.9 Å². The molecule has 1 aliphatic heterocycles. The van der Waals surface area contributed by atoms with Gasteiger partial charge < -0.3 is 25.4 Å². The molecule has 28 heavy (non-hydrogen) atoms. The van der Waals surface area contributed by atoms with E-state index in [0.29, 0.717) is 22.9 Å². The van der Waals surface area contributed by atoms with Crippen LogP contribution in [0.4, 0.5) is 5.69 Å². The van der Waals surface area contributed by atoms with E-state index in [2.05, 4.69) is 21.0 Å². The first kappa shape index (κ1) is 19.7. The van der Waals surface area contributed by atoms with Gasteiger partial charge in [0.05, 0.1) is 26.8 Å². The van der Waals surface area contributed by atoms with Gasteiger partial charge in [0.15, 0.2) is 0 Å². The molecule has 0 radical (unpaired) electrons. The summed E-state index contributed by atoms with van der Waals surface area (Å²) < 4.78 is 12.2. The Hall–Kier alpha value is -3.07. The van der Waals surface area contributed by atoms with Gasteiger partial charge in [-0.1, -0.05) is 0 Å². The van der Waals surface area contributed by atoms with Crippen molar-refractivity contribution in [1.82, 2.24) is 20.4 Å². The third-order valence-electron chi connectivity index (χ3n) is 4.53. The summed E-state index contributed by atoms with van der Waals surface area (Å²) in [6.07, 6.45) is 3.92. The molecular formula is C19H25N5O4. The van der Waals surface area contributed by atoms with E-state index in [4.69, 9.17) is 9.47 Å². The number of rotatable bonds is 7. The number of nitrogens with one attached hydrogen (secondary N) is 3. The fourth-order valence-electron chi connectivity index (χ4n) is 3.06. The highest BCUT2D eigenvalue weighted by Gasteiger charge is 2.18. The van der Waals surface area contributed by atoms with Crippen molar-refractivity contribution >= 4 is 17.5 Å². The number of amides is 2. The Kier molecular flexibility index (Phi) is 6.49. The lowest BCUT2D eigenvalue weighted by molar-refractivity contribution is -0.115. The minimum atomic E-state index is -0.388. The molecule has 0 aliphatic carbocycles. The van der Waals surface area contributed by atoms with Gasteiger partial charge in [0.2, 0.25) is 5.91 Å². The summed E-state index contributed by atoms with van der Waals surface area (Å²) in [6.45, 7) is 1.69. The molecule has 0 bridgehead atoms. The fourth-order valence-corrected chi connectivity index (χ4v) is 3.06. The molecule has 1 saturated heterocycles. The average Bonchev–Trinajstić information content (AvgIpc) is 3.22. The smallest absolute Gasteiger partial charge is 0.272 e. The maximum atomic E-state index is 12.3. The van der Waals surface area contributed by atoms with Crippen LogP contribution in [0.5, 0.6) is 11.5 Å². The average molecular weight is 387 g/mol. The molecule has 0 saturated carbocycles. The van der Waals surface area contributed by atoms with Crippen molar-refractivity contribution in [3.63, 3.8) is 0 Å². The standard InChI is InChI=1S/C19H25N5O4/c1-27-15-8-13(9-16(10-15)28-2)22-18(25)12-21-19(26)17-5-7-24(23-17)14-4-3-6-20-11-14/h5,7-10,14,20H,3-4,6,11-12H2,1-2H3,(H,21,26)(H,22,25). The van der Waals surface area contributed by atoms with Crippen LogP contribution in [-0.4, -0.2) is 55.4 Å².